The first-order chi connectivity index (χ1) is 18.8. The lowest BCUT2D eigenvalue weighted by atomic mass is 10.1. The van der Waals surface area contributed by atoms with Crippen LogP contribution in [0.1, 0.15) is 15.9 Å². The van der Waals surface area contributed by atoms with Crippen LogP contribution in [0.5, 0.6) is 11.6 Å². The monoisotopic (exact) mass is 627 g/mol. The highest BCUT2D eigenvalue weighted by Crippen LogP contribution is 2.42. The average Bonchev–Trinajstić information content (AvgIpc) is 2.87. The minimum absolute atomic E-state index is 0.0661. The van der Waals surface area contributed by atoms with E-state index in [0.717, 1.165) is 42.3 Å². The highest BCUT2D eigenvalue weighted by atomic mass is 35.5. The lowest BCUT2D eigenvalue weighted by molar-refractivity contribution is -0.137. The Labute approximate surface area is 238 Å². The van der Waals surface area contributed by atoms with E-state index < -0.39 is 65.2 Å². The molecule has 0 atom stereocenters. The number of aromatic nitrogens is 1. The molecule has 0 spiro atoms. The standard InChI is InChI=1S/C24H17Cl3F5N3O5/c1-38-10-34(23(37)35(11-39-2)22(36)19-17(28)4-3-5-18(19)29)13-7-14(25)20(15(26)8-13)40-21-16(27)6-12(9-33-21)24(30,31)32/h3-9H,10-11H2,1-2H3. The molecule has 0 aliphatic rings. The first kappa shape index (κ1) is 31.3. The number of alkyl halides is 3. The van der Waals surface area contributed by atoms with Gasteiger partial charge in [-0.05, 0) is 30.3 Å². The van der Waals surface area contributed by atoms with Gasteiger partial charge in [-0.15, -0.1) is 0 Å². The first-order valence-electron chi connectivity index (χ1n) is 10.7. The van der Waals surface area contributed by atoms with Gasteiger partial charge in [0.25, 0.3) is 5.91 Å². The molecule has 3 rings (SSSR count). The molecule has 2 aromatic carbocycles. The van der Waals surface area contributed by atoms with Gasteiger partial charge in [-0.2, -0.15) is 13.2 Å². The van der Waals surface area contributed by atoms with Crippen LogP contribution in [-0.4, -0.2) is 49.5 Å². The van der Waals surface area contributed by atoms with E-state index in [9.17, 15) is 31.5 Å². The van der Waals surface area contributed by atoms with Crippen molar-refractivity contribution < 1.29 is 45.8 Å². The molecule has 1 aromatic heterocycles. The number of anilines is 1. The predicted molar refractivity (Wildman–Crippen MR) is 135 cm³/mol. The van der Waals surface area contributed by atoms with Crippen LogP contribution in [0.4, 0.5) is 32.4 Å². The van der Waals surface area contributed by atoms with Crippen LogP contribution in [-0.2, 0) is 15.7 Å². The van der Waals surface area contributed by atoms with E-state index in [1.54, 1.807) is 0 Å². The fraction of sp³-hybridized carbons (Fsp3) is 0.208. The van der Waals surface area contributed by atoms with Gasteiger partial charge in [-0.1, -0.05) is 40.9 Å². The number of methoxy groups -OCH3 is 2. The van der Waals surface area contributed by atoms with Crippen molar-refractivity contribution in [3.8, 4) is 11.6 Å². The summed E-state index contributed by atoms with van der Waals surface area (Å²) in [7, 11) is 2.37. The summed E-state index contributed by atoms with van der Waals surface area (Å²) in [6.45, 7) is -1.20. The Hall–Kier alpha value is -3.23. The van der Waals surface area contributed by atoms with Crippen LogP contribution in [0, 0.1) is 11.6 Å². The third-order valence-electron chi connectivity index (χ3n) is 5.03. The summed E-state index contributed by atoms with van der Waals surface area (Å²) < 4.78 is 82.6. The SMILES string of the molecule is COCN(C(=O)c1c(F)cccc1F)C(=O)N(COC)c1cc(Cl)c(Oc2ncc(C(F)(F)F)cc2Cl)c(Cl)c1. The number of hydrogen-bond donors (Lipinski definition) is 0. The number of ether oxygens (including phenoxy) is 3. The summed E-state index contributed by atoms with van der Waals surface area (Å²) >= 11 is 18.4. The number of carbonyl (C=O) groups is 2. The fourth-order valence-corrected chi connectivity index (χ4v) is 3.99. The highest BCUT2D eigenvalue weighted by molar-refractivity contribution is 6.38. The normalized spacial score (nSPS) is 11.3. The summed E-state index contributed by atoms with van der Waals surface area (Å²) in [5, 5.41) is -0.991. The van der Waals surface area contributed by atoms with Crippen molar-refractivity contribution in [3.63, 3.8) is 0 Å². The molecule has 40 heavy (non-hydrogen) atoms. The maximum atomic E-state index is 14.3. The summed E-state index contributed by atoms with van der Waals surface area (Å²) in [5.74, 6) is -4.48. The highest BCUT2D eigenvalue weighted by Gasteiger charge is 2.33. The van der Waals surface area contributed by atoms with Gasteiger partial charge in [0.15, 0.2) is 5.75 Å². The first-order valence-corrected chi connectivity index (χ1v) is 11.9. The number of hydrogen-bond acceptors (Lipinski definition) is 6. The van der Waals surface area contributed by atoms with E-state index in [-0.39, 0.29) is 21.5 Å². The zero-order valence-corrected chi connectivity index (χ0v) is 22.6. The minimum atomic E-state index is -4.69. The van der Waals surface area contributed by atoms with Crippen LogP contribution < -0.4 is 9.64 Å². The molecule has 1 heterocycles. The maximum Gasteiger partial charge on any atom is 0.417 e. The summed E-state index contributed by atoms with van der Waals surface area (Å²) in [6, 6.07) is 4.49. The Morgan fingerprint density at radius 2 is 1.50 bits per heavy atom. The maximum absolute atomic E-state index is 14.3. The number of pyridine rings is 1. The third-order valence-corrected chi connectivity index (χ3v) is 5.86. The van der Waals surface area contributed by atoms with Crippen molar-refractivity contribution in [2.75, 3.05) is 32.6 Å². The van der Waals surface area contributed by atoms with E-state index in [2.05, 4.69) is 4.98 Å². The second-order valence-electron chi connectivity index (χ2n) is 7.73. The number of benzene rings is 2. The Kier molecular flexibility index (Phi) is 10.1. The molecule has 0 aliphatic carbocycles. The number of carbonyl (C=O) groups excluding carboxylic acids is 2. The zero-order chi connectivity index (χ0) is 29.8. The Morgan fingerprint density at radius 3 is 2.00 bits per heavy atom. The number of imide groups is 1. The van der Waals surface area contributed by atoms with E-state index in [0.29, 0.717) is 17.2 Å². The lowest BCUT2D eigenvalue weighted by Crippen LogP contribution is -2.48. The van der Waals surface area contributed by atoms with E-state index in [4.69, 9.17) is 49.0 Å². The molecule has 0 aliphatic heterocycles. The van der Waals surface area contributed by atoms with Crippen molar-refractivity contribution >= 4 is 52.4 Å². The van der Waals surface area contributed by atoms with Crippen LogP contribution in [0.15, 0.2) is 42.6 Å². The van der Waals surface area contributed by atoms with Crippen molar-refractivity contribution in [3.05, 3.63) is 80.4 Å². The Bertz CT molecular complexity index is 1380. The summed E-state index contributed by atoms with van der Waals surface area (Å²) in [4.78, 5) is 31.2. The molecule has 0 bridgehead atoms. The van der Waals surface area contributed by atoms with Crippen LogP contribution in [0.2, 0.25) is 15.1 Å². The van der Waals surface area contributed by atoms with Crippen LogP contribution >= 0.6 is 34.8 Å². The quantitative estimate of drug-likeness (QED) is 0.191. The molecule has 214 valence electrons. The molecule has 8 nitrogen and oxygen atoms in total. The number of urea groups is 1. The molecule has 0 saturated carbocycles. The van der Waals surface area contributed by atoms with Crippen molar-refractivity contribution in [2.45, 2.75) is 6.18 Å². The van der Waals surface area contributed by atoms with Gasteiger partial charge in [0.1, 0.15) is 35.7 Å². The third kappa shape index (κ3) is 6.91. The van der Waals surface area contributed by atoms with Gasteiger partial charge in [0.2, 0.25) is 5.88 Å². The molecule has 0 N–H and O–H groups in total. The lowest BCUT2D eigenvalue weighted by Gasteiger charge is -2.29. The number of nitrogens with zero attached hydrogens (tertiary/aromatic N) is 3. The molecular weight excluding hydrogens is 612 g/mol. The molecular formula is C24H17Cl3F5N3O5. The van der Waals surface area contributed by atoms with Gasteiger partial charge in [0, 0.05) is 20.4 Å². The summed E-state index contributed by atoms with van der Waals surface area (Å²) in [5.41, 5.74) is -2.17. The molecule has 3 aromatic rings. The van der Waals surface area contributed by atoms with Gasteiger partial charge < -0.3 is 14.2 Å². The smallest absolute Gasteiger partial charge is 0.417 e. The van der Waals surface area contributed by atoms with Crippen LogP contribution in [0.3, 0.4) is 0 Å². The zero-order valence-electron chi connectivity index (χ0n) is 20.4. The van der Waals surface area contributed by atoms with Crippen molar-refractivity contribution in [1.82, 2.24) is 9.88 Å². The number of halogens is 8. The Balaban J connectivity index is 1.97. The molecule has 0 radical (unpaired) electrons. The minimum Gasteiger partial charge on any atom is -0.434 e. The largest absolute Gasteiger partial charge is 0.434 e. The van der Waals surface area contributed by atoms with Crippen molar-refractivity contribution in [1.29, 1.82) is 0 Å². The van der Waals surface area contributed by atoms with Gasteiger partial charge in [-0.3, -0.25) is 9.69 Å². The second kappa shape index (κ2) is 13.0. The van der Waals surface area contributed by atoms with E-state index >= 15 is 0 Å². The van der Waals surface area contributed by atoms with Crippen molar-refractivity contribution in [2.24, 2.45) is 0 Å². The molecule has 3 amide bonds. The fourth-order valence-electron chi connectivity index (χ4n) is 3.23. The summed E-state index contributed by atoms with van der Waals surface area (Å²) in [6.07, 6.45) is -4.20. The van der Waals surface area contributed by atoms with Crippen LogP contribution in [0.25, 0.3) is 0 Å². The molecule has 0 fully saturated rings. The molecule has 0 saturated heterocycles. The van der Waals surface area contributed by atoms with E-state index in [1.165, 1.54) is 7.11 Å². The average molecular weight is 629 g/mol. The Morgan fingerprint density at radius 1 is 0.925 bits per heavy atom. The molecule has 16 heteroatoms. The topological polar surface area (TPSA) is 81.2 Å². The number of rotatable bonds is 8. The second-order valence-corrected chi connectivity index (χ2v) is 8.95. The van der Waals surface area contributed by atoms with Gasteiger partial charge in [0.05, 0.1) is 21.3 Å². The van der Waals surface area contributed by atoms with Gasteiger partial charge in [-0.25, -0.2) is 23.5 Å². The molecule has 0 unspecified atom stereocenters. The van der Waals surface area contributed by atoms with Gasteiger partial charge >= 0.3 is 12.2 Å². The number of amides is 3. The van der Waals surface area contributed by atoms with E-state index in [1.807, 2.05) is 0 Å². The predicted octanol–water partition coefficient (Wildman–Crippen LogP) is 7.41.